The summed E-state index contributed by atoms with van der Waals surface area (Å²) in [6.45, 7) is 2.41. The van der Waals surface area contributed by atoms with Crippen molar-refractivity contribution in [3.05, 3.63) is 47.5 Å². The van der Waals surface area contributed by atoms with Gasteiger partial charge in [0.05, 0.1) is 19.9 Å². The number of piperidine rings is 1. The molecule has 32 heavy (non-hydrogen) atoms. The van der Waals surface area contributed by atoms with Crippen molar-refractivity contribution in [1.82, 2.24) is 10.2 Å². The molecule has 0 bridgehead atoms. The van der Waals surface area contributed by atoms with Gasteiger partial charge < -0.3 is 20.1 Å². The first-order valence-corrected chi connectivity index (χ1v) is 11.8. The van der Waals surface area contributed by atoms with Crippen LogP contribution in [0.5, 0.6) is 11.5 Å². The highest BCUT2D eigenvalue weighted by atomic mass is 32.2. The van der Waals surface area contributed by atoms with Crippen LogP contribution in [0.2, 0.25) is 0 Å². The van der Waals surface area contributed by atoms with Gasteiger partial charge in [0.1, 0.15) is 5.37 Å². The average molecular weight is 456 g/mol. The second-order valence-corrected chi connectivity index (χ2v) is 9.08. The summed E-state index contributed by atoms with van der Waals surface area (Å²) in [5.41, 5.74) is 2.29. The molecule has 0 saturated carbocycles. The normalized spacial score (nSPS) is 18.4. The zero-order valence-electron chi connectivity index (χ0n) is 18.5. The lowest BCUT2D eigenvalue weighted by Gasteiger charge is -2.35. The first-order valence-electron chi connectivity index (χ1n) is 10.9. The number of nitrogens with one attached hydrogen (secondary N) is 2. The number of thioether (sulfide) groups is 1. The van der Waals surface area contributed by atoms with Gasteiger partial charge in [0, 0.05) is 17.0 Å². The highest BCUT2D eigenvalue weighted by Crippen LogP contribution is 2.38. The van der Waals surface area contributed by atoms with Crippen LogP contribution in [-0.4, -0.2) is 55.9 Å². The van der Waals surface area contributed by atoms with Crippen molar-refractivity contribution in [3.63, 3.8) is 0 Å². The van der Waals surface area contributed by atoms with Crippen LogP contribution in [0.1, 0.15) is 35.2 Å². The van der Waals surface area contributed by atoms with Crippen LogP contribution in [-0.2, 0) is 11.2 Å². The molecule has 0 aromatic heterocycles. The van der Waals surface area contributed by atoms with E-state index in [0.717, 1.165) is 36.4 Å². The van der Waals surface area contributed by atoms with Crippen molar-refractivity contribution in [2.24, 2.45) is 0 Å². The molecule has 1 fully saturated rings. The zero-order chi connectivity index (χ0) is 22.5. The molecule has 7 nitrogen and oxygen atoms in total. The SMILES string of the molecule is COc1ccc(CCNC(=O)c2ccc3c(c2)NC(=O)[C@@H](N2CCCCC2)S3)cc1OC. The number of rotatable bonds is 7. The van der Waals surface area contributed by atoms with E-state index in [0.29, 0.717) is 35.7 Å². The third-order valence-electron chi connectivity index (χ3n) is 5.83. The van der Waals surface area contributed by atoms with Crippen LogP contribution in [0.4, 0.5) is 5.69 Å². The van der Waals surface area contributed by atoms with Crippen molar-refractivity contribution < 1.29 is 19.1 Å². The Morgan fingerprint density at radius 2 is 1.88 bits per heavy atom. The van der Waals surface area contributed by atoms with Gasteiger partial charge in [0.2, 0.25) is 0 Å². The maximum atomic E-state index is 12.7. The largest absolute Gasteiger partial charge is 0.493 e. The van der Waals surface area contributed by atoms with E-state index in [4.69, 9.17) is 9.47 Å². The molecular weight excluding hydrogens is 426 g/mol. The van der Waals surface area contributed by atoms with Crippen molar-refractivity contribution in [3.8, 4) is 11.5 Å². The van der Waals surface area contributed by atoms with Gasteiger partial charge in [0.25, 0.3) is 11.8 Å². The smallest absolute Gasteiger partial charge is 0.252 e. The molecule has 4 rings (SSSR count). The van der Waals surface area contributed by atoms with Crippen LogP contribution in [0.25, 0.3) is 0 Å². The summed E-state index contributed by atoms with van der Waals surface area (Å²) in [5.74, 6) is 1.18. The van der Waals surface area contributed by atoms with Crippen molar-refractivity contribution in [1.29, 1.82) is 0 Å². The van der Waals surface area contributed by atoms with E-state index in [2.05, 4.69) is 15.5 Å². The number of anilines is 1. The number of methoxy groups -OCH3 is 2. The lowest BCUT2D eigenvalue weighted by atomic mass is 10.1. The third-order valence-corrected chi connectivity index (χ3v) is 7.18. The molecule has 2 N–H and O–H groups in total. The zero-order valence-corrected chi connectivity index (χ0v) is 19.3. The lowest BCUT2D eigenvalue weighted by Crippen LogP contribution is -2.46. The van der Waals surface area contributed by atoms with Gasteiger partial charge in [-0.25, -0.2) is 0 Å². The maximum Gasteiger partial charge on any atom is 0.252 e. The molecule has 2 heterocycles. The molecule has 2 aromatic carbocycles. The second-order valence-electron chi connectivity index (χ2n) is 7.96. The minimum Gasteiger partial charge on any atom is -0.493 e. The van der Waals surface area contributed by atoms with Crippen molar-refractivity contribution in [2.75, 3.05) is 39.2 Å². The van der Waals surface area contributed by atoms with E-state index in [1.54, 1.807) is 32.0 Å². The van der Waals surface area contributed by atoms with Crippen molar-refractivity contribution in [2.45, 2.75) is 36.0 Å². The number of likely N-dealkylation sites (tertiary alicyclic amines) is 1. The van der Waals surface area contributed by atoms with E-state index in [1.165, 1.54) is 6.42 Å². The van der Waals surface area contributed by atoms with Crippen LogP contribution >= 0.6 is 11.8 Å². The van der Waals surface area contributed by atoms with Crippen LogP contribution in [0, 0.1) is 0 Å². The summed E-state index contributed by atoms with van der Waals surface area (Å²) in [6.07, 6.45) is 4.18. The first kappa shape index (κ1) is 22.5. The first-order chi connectivity index (χ1) is 15.6. The summed E-state index contributed by atoms with van der Waals surface area (Å²) in [6, 6.07) is 11.2. The maximum absolute atomic E-state index is 12.7. The average Bonchev–Trinajstić information content (AvgIpc) is 2.83. The minimum atomic E-state index is -0.191. The Morgan fingerprint density at radius 3 is 2.62 bits per heavy atom. The number of amides is 2. The van der Waals surface area contributed by atoms with E-state index in [1.807, 2.05) is 30.3 Å². The molecule has 2 amide bonds. The van der Waals surface area contributed by atoms with Gasteiger partial charge in [-0.15, -0.1) is 0 Å². The molecule has 2 aliphatic heterocycles. The van der Waals surface area contributed by atoms with Gasteiger partial charge in [-0.2, -0.15) is 0 Å². The molecule has 0 radical (unpaired) electrons. The van der Waals surface area contributed by atoms with E-state index in [9.17, 15) is 9.59 Å². The molecule has 2 aromatic rings. The van der Waals surface area contributed by atoms with Gasteiger partial charge >= 0.3 is 0 Å². The fraction of sp³-hybridized carbons (Fsp3) is 0.417. The Labute approximate surface area is 192 Å². The lowest BCUT2D eigenvalue weighted by molar-refractivity contribution is -0.118. The Morgan fingerprint density at radius 1 is 1.09 bits per heavy atom. The summed E-state index contributed by atoms with van der Waals surface area (Å²) >= 11 is 1.57. The van der Waals surface area contributed by atoms with Crippen LogP contribution in [0.15, 0.2) is 41.3 Å². The number of nitrogens with zero attached hydrogens (tertiary/aromatic N) is 1. The third kappa shape index (κ3) is 5.02. The van der Waals surface area contributed by atoms with Gasteiger partial charge in [0.15, 0.2) is 11.5 Å². The Kier molecular flexibility index (Phi) is 7.22. The fourth-order valence-electron chi connectivity index (χ4n) is 4.09. The Hall–Kier alpha value is -2.71. The van der Waals surface area contributed by atoms with Gasteiger partial charge in [-0.3, -0.25) is 14.5 Å². The molecule has 0 spiro atoms. The minimum absolute atomic E-state index is 0.00425. The standard InChI is InChI=1S/C24H29N3O4S/c1-30-19-8-6-16(14-20(19)31-2)10-11-25-22(28)17-7-9-21-18(15-17)26-23(29)24(32-21)27-12-4-3-5-13-27/h6-9,14-15,24H,3-5,10-13H2,1-2H3,(H,25,28)(H,26,29)/t24-/m0/s1. The summed E-state index contributed by atoms with van der Waals surface area (Å²) in [7, 11) is 3.20. The van der Waals surface area contributed by atoms with Crippen molar-refractivity contribution >= 4 is 29.3 Å². The molecule has 1 saturated heterocycles. The topological polar surface area (TPSA) is 79.9 Å². The highest BCUT2D eigenvalue weighted by Gasteiger charge is 2.33. The number of fused-ring (bicyclic) bond motifs is 1. The quantitative estimate of drug-likeness (QED) is 0.665. The van der Waals surface area contributed by atoms with Gasteiger partial charge in [-0.05, 0) is 68.2 Å². The summed E-state index contributed by atoms with van der Waals surface area (Å²) in [5, 5.41) is 5.76. The molecule has 8 heteroatoms. The van der Waals surface area contributed by atoms with E-state index >= 15 is 0 Å². The molecule has 0 unspecified atom stereocenters. The Bertz CT molecular complexity index is 991. The molecular formula is C24H29N3O4S. The number of carbonyl (C=O) groups is 2. The van der Waals surface area contributed by atoms with Crippen LogP contribution < -0.4 is 20.1 Å². The monoisotopic (exact) mass is 455 g/mol. The number of hydrogen-bond acceptors (Lipinski definition) is 6. The predicted octanol–water partition coefficient (Wildman–Crippen LogP) is 3.53. The molecule has 2 aliphatic rings. The Balaban J connectivity index is 1.35. The van der Waals surface area contributed by atoms with Crippen LogP contribution in [0.3, 0.4) is 0 Å². The number of benzene rings is 2. The second kappa shape index (κ2) is 10.3. The molecule has 0 aliphatic carbocycles. The predicted molar refractivity (Wildman–Crippen MR) is 126 cm³/mol. The number of carbonyl (C=O) groups excluding carboxylic acids is 2. The van der Waals surface area contributed by atoms with E-state index in [-0.39, 0.29) is 17.2 Å². The molecule has 1 atom stereocenters. The fourth-order valence-corrected chi connectivity index (χ4v) is 5.24. The summed E-state index contributed by atoms with van der Waals surface area (Å²) < 4.78 is 10.6. The van der Waals surface area contributed by atoms with E-state index < -0.39 is 0 Å². The van der Waals surface area contributed by atoms with Gasteiger partial charge in [-0.1, -0.05) is 24.2 Å². The summed E-state index contributed by atoms with van der Waals surface area (Å²) in [4.78, 5) is 28.6. The highest BCUT2D eigenvalue weighted by molar-refractivity contribution is 8.00. The number of hydrogen-bond donors (Lipinski definition) is 2. The number of ether oxygens (including phenoxy) is 2. The molecule has 170 valence electrons.